The second-order valence-corrected chi connectivity index (χ2v) is 11.4. The van der Waals surface area contributed by atoms with Crippen LogP contribution >= 0.6 is 0 Å². The number of benzene rings is 5. The van der Waals surface area contributed by atoms with Crippen molar-refractivity contribution in [2.75, 3.05) is 31.6 Å². The molecule has 0 radical (unpaired) electrons. The maximum absolute atomic E-state index is 13.7. The van der Waals surface area contributed by atoms with Gasteiger partial charge in [0.05, 0.1) is 26.6 Å². The molecule has 0 aromatic heterocycles. The van der Waals surface area contributed by atoms with E-state index in [0.29, 0.717) is 24.3 Å². The number of hydrogen-bond acceptors (Lipinski definition) is 5. The normalized spacial score (nSPS) is 10.8. The Kier molecular flexibility index (Phi) is 12.1. The van der Waals surface area contributed by atoms with Crippen LogP contribution in [0.1, 0.15) is 32.6 Å². The van der Waals surface area contributed by atoms with Gasteiger partial charge in [0.1, 0.15) is 5.75 Å². The Balaban J connectivity index is 1.33. The smallest absolute Gasteiger partial charge is 0.251 e. The molecule has 0 saturated heterocycles. The highest BCUT2D eigenvalue weighted by molar-refractivity contribution is 6.01. The van der Waals surface area contributed by atoms with Gasteiger partial charge in [-0.1, -0.05) is 109 Å². The molecule has 4 N–H and O–H groups in total. The molecular formula is C41H40N4O4. The molecule has 0 aliphatic carbocycles. The lowest BCUT2D eigenvalue weighted by molar-refractivity contribution is -0.124. The summed E-state index contributed by atoms with van der Waals surface area (Å²) in [5.41, 5.74) is 12.3. The van der Waals surface area contributed by atoms with Crippen molar-refractivity contribution in [2.24, 2.45) is 5.73 Å². The van der Waals surface area contributed by atoms with E-state index in [4.69, 9.17) is 10.5 Å². The highest BCUT2D eigenvalue weighted by Crippen LogP contribution is 2.26. The minimum atomic E-state index is -0.242. The second kappa shape index (κ2) is 17.2. The Morgan fingerprint density at radius 3 is 2.00 bits per heavy atom. The number of rotatable bonds is 14. The summed E-state index contributed by atoms with van der Waals surface area (Å²) in [6.45, 7) is 0.891. The van der Waals surface area contributed by atoms with Gasteiger partial charge in [0, 0.05) is 24.3 Å². The lowest BCUT2D eigenvalue weighted by Gasteiger charge is -2.24. The fourth-order valence-corrected chi connectivity index (χ4v) is 5.30. The number of amides is 3. The summed E-state index contributed by atoms with van der Waals surface area (Å²) in [6.07, 6.45) is 4.21. The van der Waals surface area contributed by atoms with Gasteiger partial charge in [-0.25, -0.2) is 0 Å². The lowest BCUT2D eigenvalue weighted by Crippen LogP contribution is -2.40. The van der Waals surface area contributed by atoms with Crippen molar-refractivity contribution in [1.82, 2.24) is 10.6 Å². The van der Waals surface area contributed by atoms with Crippen LogP contribution in [-0.4, -0.2) is 44.5 Å². The highest BCUT2D eigenvalue weighted by atomic mass is 16.5. The molecule has 3 amide bonds. The Hall–Kier alpha value is -5.99. The maximum atomic E-state index is 13.7. The number of hydrogen-bond donors (Lipinski definition) is 3. The van der Waals surface area contributed by atoms with Crippen LogP contribution in [0, 0.1) is 0 Å². The number of nitrogens with two attached hydrogens (primary N) is 1. The molecule has 5 aromatic carbocycles. The molecular weight excluding hydrogens is 612 g/mol. The summed E-state index contributed by atoms with van der Waals surface area (Å²) in [4.78, 5) is 40.8. The number of ether oxygens (including phenoxy) is 1. The van der Waals surface area contributed by atoms with E-state index < -0.39 is 0 Å². The molecule has 5 rings (SSSR count). The molecule has 0 saturated carbocycles. The van der Waals surface area contributed by atoms with Crippen molar-refractivity contribution in [3.63, 3.8) is 0 Å². The van der Waals surface area contributed by atoms with Crippen LogP contribution in [0.3, 0.4) is 0 Å². The number of carbonyl (C=O) groups excluding carboxylic acids is 3. The van der Waals surface area contributed by atoms with E-state index in [-0.39, 0.29) is 37.2 Å². The third-order valence-corrected chi connectivity index (χ3v) is 7.94. The fraction of sp³-hybridized carbons (Fsp3) is 0.146. The van der Waals surface area contributed by atoms with Gasteiger partial charge in [-0.2, -0.15) is 0 Å². The Morgan fingerprint density at radius 1 is 0.714 bits per heavy atom. The minimum Gasteiger partial charge on any atom is -0.497 e. The quantitative estimate of drug-likeness (QED) is 0.125. The number of nitrogens with zero attached hydrogens (tertiary/aromatic N) is 1. The standard InChI is InChI=1S/C41H40N4O4/c1-49-36-23-17-31(18-24-36)12-11-30-15-21-35(22-16-30)45(40(47)28-44-39(46)27-32-7-3-2-4-8-32)29-33-13-19-34(20-14-33)37-9-5-6-10-38(37)41(48)43-26-25-42/h2-24H,25-29,42H2,1H3,(H,43,48)(H,44,46)/b12-11+. The van der Waals surface area contributed by atoms with Crippen LogP contribution in [0.15, 0.2) is 127 Å². The Bertz CT molecular complexity index is 1870. The zero-order valence-corrected chi connectivity index (χ0v) is 27.5. The SMILES string of the molecule is COc1ccc(/C=C/c2ccc(N(Cc3ccc(-c4ccccc4C(=O)NCCN)cc3)C(=O)CNC(=O)Cc3ccccc3)cc2)cc1. The second-order valence-electron chi connectivity index (χ2n) is 11.4. The van der Waals surface area contributed by atoms with Crippen LogP contribution in [0.25, 0.3) is 23.3 Å². The molecule has 5 aromatic rings. The molecule has 0 unspecified atom stereocenters. The van der Waals surface area contributed by atoms with Crippen LogP contribution in [0.2, 0.25) is 0 Å². The van der Waals surface area contributed by atoms with Crippen molar-refractivity contribution >= 4 is 35.6 Å². The van der Waals surface area contributed by atoms with Gasteiger partial charge in [0.2, 0.25) is 11.8 Å². The average molecular weight is 653 g/mol. The van der Waals surface area contributed by atoms with E-state index in [9.17, 15) is 14.4 Å². The van der Waals surface area contributed by atoms with Crippen molar-refractivity contribution in [3.8, 4) is 16.9 Å². The van der Waals surface area contributed by atoms with Gasteiger partial charge in [0.15, 0.2) is 0 Å². The molecule has 0 aliphatic rings. The highest BCUT2D eigenvalue weighted by Gasteiger charge is 2.18. The molecule has 0 spiro atoms. The lowest BCUT2D eigenvalue weighted by atomic mass is 9.98. The minimum absolute atomic E-state index is 0.145. The third-order valence-electron chi connectivity index (χ3n) is 7.94. The average Bonchev–Trinajstić information content (AvgIpc) is 3.15. The van der Waals surface area contributed by atoms with E-state index in [1.165, 1.54) is 0 Å². The van der Waals surface area contributed by atoms with Gasteiger partial charge in [-0.15, -0.1) is 0 Å². The summed E-state index contributed by atoms with van der Waals surface area (Å²) in [7, 11) is 1.64. The molecule has 49 heavy (non-hydrogen) atoms. The zero-order chi connectivity index (χ0) is 34.4. The number of carbonyl (C=O) groups is 3. The number of anilines is 1. The summed E-state index contributed by atoms with van der Waals surface area (Å²) in [6, 6.07) is 40.2. The van der Waals surface area contributed by atoms with Crippen LogP contribution in [-0.2, 0) is 22.6 Å². The molecule has 8 nitrogen and oxygen atoms in total. The molecule has 0 bridgehead atoms. The number of methoxy groups -OCH3 is 1. The van der Waals surface area contributed by atoms with E-state index in [1.54, 1.807) is 18.1 Å². The largest absolute Gasteiger partial charge is 0.497 e. The van der Waals surface area contributed by atoms with Crippen LogP contribution in [0.4, 0.5) is 5.69 Å². The monoisotopic (exact) mass is 652 g/mol. The molecule has 8 heteroatoms. The maximum Gasteiger partial charge on any atom is 0.251 e. The van der Waals surface area contributed by atoms with E-state index >= 15 is 0 Å². The summed E-state index contributed by atoms with van der Waals surface area (Å²) in [5.74, 6) is 0.150. The zero-order valence-electron chi connectivity index (χ0n) is 27.5. The van der Waals surface area contributed by atoms with Gasteiger partial charge < -0.3 is 26.0 Å². The van der Waals surface area contributed by atoms with E-state index in [2.05, 4.69) is 10.6 Å². The Morgan fingerprint density at radius 2 is 1.35 bits per heavy atom. The Labute approximate surface area is 287 Å². The van der Waals surface area contributed by atoms with Crippen molar-refractivity contribution in [3.05, 3.63) is 155 Å². The van der Waals surface area contributed by atoms with Crippen molar-refractivity contribution < 1.29 is 19.1 Å². The van der Waals surface area contributed by atoms with Gasteiger partial charge in [0.25, 0.3) is 5.91 Å². The summed E-state index contributed by atoms with van der Waals surface area (Å²) >= 11 is 0. The molecule has 248 valence electrons. The molecule has 0 fully saturated rings. The molecule has 0 atom stereocenters. The molecule has 0 aliphatic heterocycles. The number of nitrogens with one attached hydrogen (secondary N) is 2. The summed E-state index contributed by atoms with van der Waals surface area (Å²) < 4.78 is 5.24. The van der Waals surface area contributed by atoms with Crippen LogP contribution < -0.4 is 26.0 Å². The van der Waals surface area contributed by atoms with Gasteiger partial charge in [-0.05, 0) is 63.7 Å². The predicted molar refractivity (Wildman–Crippen MR) is 196 cm³/mol. The first-order valence-electron chi connectivity index (χ1n) is 16.1. The first-order chi connectivity index (χ1) is 23.9. The predicted octanol–water partition coefficient (Wildman–Crippen LogP) is 6.11. The third kappa shape index (κ3) is 9.76. The van der Waals surface area contributed by atoms with Crippen molar-refractivity contribution in [1.29, 1.82) is 0 Å². The summed E-state index contributed by atoms with van der Waals surface area (Å²) in [5, 5.41) is 5.63. The first kappa shape index (κ1) is 34.3. The topological polar surface area (TPSA) is 114 Å². The first-order valence-corrected chi connectivity index (χ1v) is 16.1. The van der Waals surface area contributed by atoms with E-state index in [1.807, 2.05) is 133 Å². The van der Waals surface area contributed by atoms with Crippen molar-refractivity contribution in [2.45, 2.75) is 13.0 Å². The molecule has 0 heterocycles. The fourth-order valence-electron chi connectivity index (χ4n) is 5.30. The van der Waals surface area contributed by atoms with Gasteiger partial charge >= 0.3 is 0 Å². The van der Waals surface area contributed by atoms with E-state index in [0.717, 1.165) is 39.1 Å². The van der Waals surface area contributed by atoms with Crippen LogP contribution in [0.5, 0.6) is 5.75 Å². The van der Waals surface area contributed by atoms with Gasteiger partial charge in [-0.3, -0.25) is 14.4 Å².